The van der Waals surface area contributed by atoms with Crippen LogP contribution in [0.5, 0.6) is 5.75 Å². The molecule has 0 radical (unpaired) electrons. The van der Waals surface area contributed by atoms with E-state index in [4.69, 9.17) is 4.74 Å². The fraction of sp³-hybridized carbons (Fsp3) is 0.375. The SMILES string of the molecule is CCC(C)c1nccc(NCc2ccc(OC)c(F)c2F)n1. The Balaban J connectivity index is 2.12. The predicted molar refractivity (Wildman–Crippen MR) is 81.0 cm³/mol. The van der Waals surface area contributed by atoms with E-state index in [0.29, 0.717) is 5.82 Å². The van der Waals surface area contributed by atoms with Gasteiger partial charge < -0.3 is 10.1 Å². The molecule has 0 saturated carbocycles. The van der Waals surface area contributed by atoms with Crippen LogP contribution in [-0.4, -0.2) is 17.1 Å². The summed E-state index contributed by atoms with van der Waals surface area (Å²) in [6, 6.07) is 4.59. The first-order chi connectivity index (χ1) is 10.6. The van der Waals surface area contributed by atoms with Crippen molar-refractivity contribution in [2.45, 2.75) is 32.7 Å². The number of aromatic nitrogens is 2. The molecule has 0 amide bonds. The van der Waals surface area contributed by atoms with Crippen LogP contribution in [0.3, 0.4) is 0 Å². The Kier molecular flexibility index (Phi) is 5.25. The van der Waals surface area contributed by atoms with Crippen LogP contribution in [-0.2, 0) is 6.54 Å². The largest absolute Gasteiger partial charge is 0.494 e. The summed E-state index contributed by atoms with van der Waals surface area (Å²) >= 11 is 0. The van der Waals surface area contributed by atoms with Crippen molar-refractivity contribution in [2.75, 3.05) is 12.4 Å². The highest BCUT2D eigenvalue weighted by Crippen LogP contribution is 2.23. The van der Waals surface area contributed by atoms with Gasteiger partial charge >= 0.3 is 0 Å². The molecule has 2 aromatic rings. The Hall–Kier alpha value is -2.24. The van der Waals surface area contributed by atoms with Crippen molar-refractivity contribution in [3.63, 3.8) is 0 Å². The third-order valence-electron chi connectivity index (χ3n) is 3.53. The van der Waals surface area contributed by atoms with Crippen LogP contribution in [0.25, 0.3) is 0 Å². The van der Waals surface area contributed by atoms with Gasteiger partial charge in [0.15, 0.2) is 11.6 Å². The van der Waals surface area contributed by atoms with Gasteiger partial charge in [0.05, 0.1) is 7.11 Å². The number of hydrogen-bond acceptors (Lipinski definition) is 4. The normalized spacial score (nSPS) is 12.0. The number of ether oxygens (including phenoxy) is 1. The Labute approximate surface area is 128 Å². The van der Waals surface area contributed by atoms with E-state index in [-0.39, 0.29) is 23.8 Å². The lowest BCUT2D eigenvalue weighted by Gasteiger charge is -2.11. The van der Waals surface area contributed by atoms with Crippen LogP contribution < -0.4 is 10.1 Å². The highest BCUT2D eigenvalue weighted by Gasteiger charge is 2.14. The van der Waals surface area contributed by atoms with Gasteiger partial charge in [0.25, 0.3) is 0 Å². The van der Waals surface area contributed by atoms with Crippen molar-refractivity contribution in [1.82, 2.24) is 9.97 Å². The Bertz CT molecular complexity index is 649. The van der Waals surface area contributed by atoms with Gasteiger partial charge in [-0.15, -0.1) is 0 Å². The first kappa shape index (κ1) is 16.1. The third-order valence-corrected chi connectivity index (χ3v) is 3.53. The Morgan fingerprint density at radius 3 is 2.68 bits per heavy atom. The molecule has 1 aromatic carbocycles. The minimum atomic E-state index is -0.982. The lowest BCUT2D eigenvalue weighted by Crippen LogP contribution is -2.08. The fourth-order valence-corrected chi connectivity index (χ4v) is 1.94. The summed E-state index contributed by atoms with van der Waals surface area (Å²) in [4.78, 5) is 8.60. The predicted octanol–water partition coefficient (Wildman–Crippen LogP) is 3.89. The molecular formula is C16H19F2N3O. The van der Waals surface area contributed by atoms with Gasteiger partial charge in [-0.25, -0.2) is 14.4 Å². The molecule has 0 fully saturated rings. The molecule has 0 spiro atoms. The van der Waals surface area contributed by atoms with Crippen molar-refractivity contribution >= 4 is 5.82 Å². The van der Waals surface area contributed by atoms with E-state index in [2.05, 4.69) is 22.2 Å². The van der Waals surface area contributed by atoms with Crippen LogP contribution in [0.4, 0.5) is 14.6 Å². The fourth-order valence-electron chi connectivity index (χ4n) is 1.94. The van der Waals surface area contributed by atoms with Crippen molar-refractivity contribution in [3.05, 3.63) is 47.4 Å². The Morgan fingerprint density at radius 1 is 1.23 bits per heavy atom. The molecule has 1 N–H and O–H groups in total. The van der Waals surface area contributed by atoms with Gasteiger partial charge in [0.2, 0.25) is 5.82 Å². The molecule has 0 bridgehead atoms. The minimum absolute atomic E-state index is 0.109. The van der Waals surface area contributed by atoms with E-state index in [1.54, 1.807) is 12.3 Å². The first-order valence-corrected chi connectivity index (χ1v) is 7.14. The van der Waals surface area contributed by atoms with Crippen molar-refractivity contribution in [3.8, 4) is 5.75 Å². The van der Waals surface area contributed by atoms with Crippen molar-refractivity contribution in [1.29, 1.82) is 0 Å². The molecule has 118 valence electrons. The van der Waals surface area contributed by atoms with Gasteiger partial charge in [-0.1, -0.05) is 19.9 Å². The van der Waals surface area contributed by atoms with Gasteiger partial charge in [0, 0.05) is 24.2 Å². The molecular weight excluding hydrogens is 288 g/mol. The van der Waals surface area contributed by atoms with Gasteiger partial charge in [-0.05, 0) is 18.6 Å². The summed E-state index contributed by atoms with van der Waals surface area (Å²) in [7, 11) is 1.30. The molecule has 0 aliphatic heterocycles. The average molecular weight is 307 g/mol. The quantitative estimate of drug-likeness (QED) is 0.879. The number of anilines is 1. The zero-order valence-electron chi connectivity index (χ0n) is 12.9. The summed E-state index contributed by atoms with van der Waals surface area (Å²) in [5.41, 5.74) is 0.210. The Morgan fingerprint density at radius 2 is 2.00 bits per heavy atom. The number of nitrogens with zero attached hydrogens (tertiary/aromatic N) is 2. The standard InChI is InChI=1S/C16H19F2N3O/c1-4-10(2)16-19-8-7-13(21-16)20-9-11-5-6-12(22-3)15(18)14(11)17/h5-8,10H,4,9H2,1-3H3,(H,19,20,21). The second-order valence-electron chi connectivity index (χ2n) is 5.02. The number of hydrogen-bond donors (Lipinski definition) is 1. The first-order valence-electron chi connectivity index (χ1n) is 7.14. The summed E-state index contributed by atoms with van der Waals surface area (Å²) in [6.45, 7) is 4.23. The number of halogens is 2. The summed E-state index contributed by atoms with van der Waals surface area (Å²) in [5, 5.41) is 2.99. The summed E-state index contributed by atoms with van der Waals surface area (Å²) < 4.78 is 32.3. The van der Waals surface area contributed by atoms with Crippen LogP contribution in [0.15, 0.2) is 24.4 Å². The molecule has 1 atom stereocenters. The lowest BCUT2D eigenvalue weighted by atomic mass is 10.1. The maximum atomic E-state index is 13.9. The zero-order valence-corrected chi connectivity index (χ0v) is 12.9. The third kappa shape index (κ3) is 3.50. The molecule has 1 aromatic heterocycles. The second kappa shape index (κ2) is 7.15. The smallest absolute Gasteiger partial charge is 0.200 e. The van der Waals surface area contributed by atoms with Crippen LogP contribution in [0.2, 0.25) is 0 Å². The van der Waals surface area contributed by atoms with Gasteiger partial charge in [0.1, 0.15) is 11.6 Å². The molecule has 1 unspecified atom stereocenters. The molecule has 6 heteroatoms. The lowest BCUT2D eigenvalue weighted by molar-refractivity contribution is 0.370. The van der Waals surface area contributed by atoms with Crippen molar-refractivity contribution in [2.24, 2.45) is 0 Å². The molecule has 22 heavy (non-hydrogen) atoms. The highest BCUT2D eigenvalue weighted by molar-refractivity contribution is 5.37. The molecule has 0 aliphatic carbocycles. The van der Waals surface area contributed by atoms with E-state index in [1.807, 2.05) is 6.92 Å². The summed E-state index contributed by atoms with van der Waals surface area (Å²) in [6.07, 6.45) is 2.59. The van der Waals surface area contributed by atoms with E-state index in [1.165, 1.54) is 19.2 Å². The van der Waals surface area contributed by atoms with Gasteiger partial charge in [-0.3, -0.25) is 0 Å². The molecule has 2 rings (SSSR count). The average Bonchev–Trinajstić information content (AvgIpc) is 2.55. The molecule has 0 aliphatic rings. The molecule has 1 heterocycles. The van der Waals surface area contributed by atoms with E-state index < -0.39 is 11.6 Å². The maximum absolute atomic E-state index is 13.9. The highest BCUT2D eigenvalue weighted by atomic mass is 19.2. The summed E-state index contributed by atoms with van der Waals surface area (Å²) in [5.74, 6) is -0.443. The number of rotatable bonds is 6. The zero-order chi connectivity index (χ0) is 16.1. The van der Waals surface area contributed by atoms with E-state index in [9.17, 15) is 8.78 Å². The van der Waals surface area contributed by atoms with Crippen LogP contribution in [0.1, 0.15) is 37.6 Å². The number of methoxy groups -OCH3 is 1. The van der Waals surface area contributed by atoms with E-state index in [0.717, 1.165) is 12.2 Å². The topological polar surface area (TPSA) is 47.0 Å². The maximum Gasteiger partial charge on any atom is 0.200 e. The van der Waals surface area contributed by atoms with E-state index >= 15 is 0 Å². The van der Waals surface area contributed by atoms with Crippen LogP contribution in [0, 0.1) is 11.6 Å². The van der Waals surface area contributed by atoms with Gasteiger partial charge in [-0.2, -0.15) is 4.39 Å². The number of nitrogens with one attached hydrogen (secondary N) is 1. The molecule has 0 saturated heterocycles. The monoisotopic (exact) mass is 307 g/mol. The van der Waals surface area contributed by atoms with Crippen LogP contribution >= 0.6 is 0 Å². The van der Waals surface area contributed by atoms with Crippen molar-refractivity contribution < 1.29 is 13.5 Å². The minimum Gasteiger partial charge on any atom is -0.494 e. The molecule has 4 nitrogen and oxygen atoms in total. The number of benzene rings is 1. The second-order valence-corrected chi connectivity index (χ2v) is 5.02.